The molecule has 1 aliphatic rings. The highest BCUT2D eigenvalue weighted by molar-refractivity contribution is 5.85. The normalized spacial score (nSPS) is 14.3. The molecule has 0 unspecified atom stereocenters. The molecular formula is C23H27NO5. The summed E-state index contributed by atoms with van der Waals surface area (Å²) in [5.41, 5.74) is 3.46. The van der Waals surface area contributed by atoms with Gasteiger partial charge in [-0.2, -0.15) is 0 Å². The minimum atomic E-state index is -0.957. The van der Waals surface area contributed by atoms with Gasteiger partial charge < -0.3 is 19.3 Å². The molecular weight excluding hydrogens is 370 g/mol. The molecule has 0 atom stereocenters. The lowest BCUT2D eigenvalue weighted by atomic mass is 10.0. The number of rotatable bonds is 8. The molecule has 29 heavy (non-hydrogen) atoms. The van der Waals surface area contributed by atoms with E-state index < -0.39 is 5.97 Å². The average molecular weight is 397 g/mol. The number of carboxylic acid groups (broad SMARTS) is 1. The van der Waals surface area contributed by atoms with Crippen molar-refractivity contribution in [2.24, 2.45) is 0 Å². The van der Waals surface area contributed by atoms with E-state index >= 15 is 0 Å². The Morgan fingerprint density at radius 2 is 1.62 bits per heavy atom. The second kappa shape index (κ2) is 9.98. The molecule has 1 heterocycles. The van der Waals surface area contributed by atoms with Crippen molar-refractivity contribution in [3.63, 3.8) is 0 Å². The summed E-state index contributed by atoms with van der Waals surface area (Å²) < 4.78 is 16.7. The summed E-state index contributed by atoms with van der Waals surface area (Å²) in [6, 6.07) is 11.6. The van der Waals surface area contributed by atoms with E-state index in [4.69, 9.17) is 19.3 Å². The molecule has 0 aromatic heterocycles. The number of nitrogens with zero attached hydrogens (tertiary/aromatic N) is 1. The monoisotopic (exact) mass is 397 g/mol. The van der Waals surface area contributed by atoms with Crippen LogP contribution in [0.2, 0.25) is 0 Å². The van der Waals surface area contributed by atoms with Crippen molar-refractivity contribution >= 4 is 12.0 Å². The van der Waals surface area contributed by atoms with Crippen LogP contribution < -0.4 is 14.2 Å². The van der Waals surface area contributed by atoms with Gasteiger partial charge in [0.15, 0.2) is 11.5 Å². The fourth-order valence-electron chi connectivity index (χ4n) is 3.46. The number of carbonyl (C=O) groups is 1. The van der Waals surface area contributed by atoms with Crippen molar-refractivity contribution in [2.45, 2.75) is 12.8 Å². The van der Waals surface area contributed by atoms with Crippen molar-refractivity contribution in [1.82, 2.24) is 4.90 Å². The van der Waals surface area contributed by atoms with Gasteiger partial charge in [-0.1, -0.05) is 12.1 Å². The van der Waals surface area contributed by atoms with Gasteiger partial charge in [0.25, 0.3) is 0 Å². The van der Waals surface area contributed by atoms with Crippen LogP contribution in [0.25, 0.3) is 6.08 Å². The Balaban J connectivity index is 1.50. The highest BCUT2D eigenvalue weighted by Crippen LogP contribution is 2.32. The Kier molecular flexibility index (Phi) is 7.14. The zero-order valence-electron chi connectivity index (χ0n) is 16.9. The standard InChI is InChI=1S/C23H27NO5/c1-27-21-15-18-9-11-24(12-10-19(18)16-22(21)28-2)13-14-29-20-6-3-17(4-7-20)5-8-23(25)26/h3-8,15-16H,9-14H2,1-2H3,(H,25,26)/b8-5+. The summed E-state index contributed by atoms with van der Waals surface area (Å²) >= 11 is 0. The van der Waals surface area contributed by atoms with E-state index in [1.54, 1.807) is 20.3 Å². The van der Waals surface area contributed by atoms with E-state index in [2.05, 4.69) is 17.0 Å². The zero-order chi connectivity index (χ0) is 20.6. The molecule has 0 bridgehead atoms. The lowest BCUT2D eigenvalue weighted by molar-refractivity contribution is -0.131. The fourth-order valence-corrected chi connectivity index (χ4v) is 3.46. The van der Waals surface area contributed by atoms with Crippen LogP contribution in [0.1, 0.15) is 16.7 Å². The van der Waals surface area contributed by atoms with Gasteiger partial charge in [-0.05, 0) is 59.9 Å². The van der Waals surface area contributed by atoms with Crippen LogP contribution in [-0.4, -0.2) is 56.4 Å². The van der Waals surface area contributed by atoms with Crippen molar-refractivity contribution in [3.05, 3.63) is 59.2 Å². The first-order chi connectivity index (χ1) is 14.1. The average Bonchev–Trinajstić information content (AvgIpc) is 2.94. The van der Waals surface area contributed by atoms with Crippen molar-refractivity contribution in [3.8, 4) is 17.2 Å². The molecule has 6 nitrogen and oxygen atoms in total. The van der Waals surface area contributed by atoms with Gasteiger partial charge in [0.1, 0.15) is 12.4 Å². The zero-order valence-corrected chi connectivity index (χ0v) is 16.9. The number of aliphatic carboxylic acids is 1. The summed E-state index contributed by atoms with van der Waals surface area (Å²) in [5.74, 6) is 1.39. The number of hydrogen-bond acceptors (Lipinski definition) is 5. The Bertz CT molecular complexity index is 825. The number of methoxy groups -OCH3 is 2. The van der Waals surface area contributed by atoms with Gasteiger partial charge in [-0.25, -0.2) is 4.79 Å². The third kappa shape index (κ3) is 5.74. The first kappa shape index (κ1) is 20.7. The maximum Gasteiger partial charge on any atom is 0.328 e. The minimum Gasteiger partial charge on any atom is -0.493 e. The van der Waals surface area contributed by atoms with Crippen LogP contribution in [0, 0.1) is 0 Å². The van der Waals surface area contributed by atoms with Gasteiger partial charge in [0.05, 0.1) is 14.2 Å². The van der Waals surface area contributed by atoms with Crippen molar-refractivity contribution in [2.75, 3.05) is 40.5 Å². The van der Waals surface area contributed by atoms with Gasteiger partial charge in [0.2, 0.25) is 0 Å². The quantitative estimate of drug-likeness (QED) is 0.690. The maximum atomic E-state index is 10.6. The molecule has 1 N–H and O–H groups in total. The molecule has 0 saturated carbocycles. The molecule has 6 heteroatoms. The highest BCUT2D eigenvalue weighted by atomic mass is 16.5. The van der Waals surface area contributed by atoms with Crippen molar-refractivity contribution in [1.29, 1.82) is 0 Å². The molecule has 2 aromatic rings. The summed E-state index contributed by atoms with van der Waals surface area (Å²) in [6.07, 6.45) is 4.63. The largest absolute Gasteiger partial charge is 0.493 e. The second-order valence-corrected chi connectivity index (χ2v) is 6.91. The van der Waals surface area contributed by atoms with Gasteiger partial charge in [-0.15, -0.1) is 0 Å². The number of carboxylic acids is 1. The first-order valence-corrected chi connectivity index (χ1v) is 9.69. The SMILES string of the molecule is COc1cc2c(cc1OC)CCN(CCOc1ccc(/C=C/C(=O)O)cc1)CC2. The van der Waals surface area contributed by atoms with Gasteiger partial charge in [0, 0.05) is 25.7 Å². The van der Waals surface area contributed by atoms with E-state index in [1.165, 1.54) is 11.1 Å². The van der Waals surface area contributed by atoms with Crippen LogP contribution in [0.5, 0.6) is 17.2 Å². The number of benzene rings is 2. The Labute approximate surface area is 171 Å². The molecule has 0 fully saturated rings. The molecule has 2 aromatic carbocycles. The first-order valence-electron chi connectivity index (χ1n) is 9.69. The highest BCUT2D eigenvalue weighted by Gasteiger charge is 2.17. The molecule has 154 valence electrons. The predicted octanol–water partition coefficient (Wildman–Crippen LogP) is 3.28. The summed E-state index contributed by atoms with van der Waals surface area (Å²) in [6.45, 7) is 3.41. The van der Waals surface area contributed by atoms with E-state index in [9.17, 15) is 4.79 Å². The third-order valence-corrected chi connectivity index (χ3v) is 5.08. The predicted molar refractivity (Wildman–Crippen MR) is 112 cm³/mol. The topological polar surface area (TPSA) is 68.2 Å². The third-order valence-electron chi connectivity index (χ3n) is 5.08. The number of ether oxygens (including phenoxy) is 3. The van der Waals surface area contributed by atoms with Crippen molar-refractivity contribution < 1.29 is 24.1 Å². The lowest BCUT2D eigenvalue weighted by Crippen LogP contribution is -2.30. The van der Waals surface area contributed by atoms with E-state index in [0.29, 0.717) is 6.61 Å². The Hall–Kier alpha value is -2.99. The van der Waals surface area contributed by atoms with E-state index in [-0.39, 0.29) is 0 Å². The smallest absolute Gasteiger partial charge is 0.328 e. The molecule has 0 saturated heterocycles. The minimum absolute atomic E-state index is 0.604. The molecule has 3 rings (SSSR count). The van der Waals surface area contributed by atoms with Crippen LogP contribution in [0.15, 0.2) is 42.5 Å². The van der Waals surface area contributed by atoms with Crippen LogP contribution in [-0.2, 0) is 17.6 Å². The lowest BCUT2D eigenvalue weighted by Gasteiger charge is -2.19. The molecule has 0 spiro atoms. The van der Waals surface area contributed by atoms with E-state index in [1.807, 2.05) is 24.3 Å². The molecule has 0 amide bonds. The van der Waals surface area contributed by atoms with Gasteiger partial charge in [-0.3, -0.25) is 4.90 Å². The van der Waals surface area contributed by atoms with Gasteiger partial charge >= 0.3 is 5.97 Å². The summed E-state index contributed by atoms with van der Waals surface area (Å²) in [7, 11) is 3.33. The maximum absolute atomic E-state index is 10.6. The van der Waals surface area contributed by atoms with Crippen LogP contribution in [0.3, 0.4) is 0 Å². The van der Waals surface area contributed by atoms with Crippen LogP contribution >= 0.6 is 0 Å². The summed E-state index contributed by atoms with van der Waals surface area (Å²) in [4.78, 5) is 13.0. The number of hydrogen-bond donors (Lipinski definition) is 1. The molecule has 1 aliphatic heterocycles. The number of fused-ring (bicyclic) bond motifs is 1. The Morgan fingerprint density at radius 1 is 1.03 bits per heavy atom. The van der Waals surface area contributed by atoms with Crippen LogP contribution in [0.4, 0.5) is 0 Å². The fraction of sp³-hybridized carbons (Fsp3) is 0.348. The summed E-state index contributed by atoms with van der Waals surface area (Å²) in [5, 5.41) is 8.67. The molecule has 0 radical (unpaired) electrons. The Morgan fingerprint density at radius 3 is 2.14 bits per heavy atom. The second-order valence-electron chi connectivity index (χ2n) is 6.91. The molecule has 0 aliphatic carbocycles. The van der Waals surface area contributed by atoms with E-state index in [0.717, 1.165) is 61.4 Å².